The molecular formula is C30H30ClF2N8O2+. The van der Waals surface area contributed by atoms with E-state index < -0.39 is 12.6 Å². The van der Waals surface area contributed by atoms with Crippen LogP contribution in [0, 0.1) is 11.3 Å². The third kappa shape index (κ3) is 6.30. The zero-order valence-corrected chi connectivity index (χ0v) is 24.2. The minimum atomic E-state index is -2.79. The summed E-state index contributed by atoms with van der Waals surface area (Å²) in [5.74, 6) is -0.490. The van der Waals surface area contributed by atoms with Crippen molar-refractivity contribution in [1.82, 2.24) is 29.6 Å². The Morgan fingerprint density at radius 3 is 2.63 bits per heavy atom. The van der Waals surface area contributed by atoms with Crippen LogP contribution in [0.2, 0.25) is 5.02 Å². The molecule has 2 unspecified atom stereocenters. The lowest BCUT2D eigenvalue weighted by atomic mass is 9.96. The molecule has 43 heavy (non-hydrogen) atoms. The fraction of sp³-hybridized carbons (Fsp3) is 0.267. The topological polar surface area (TPSA) is 135 Å². The van der Waals surface area contributed by atoms with Crippen LogP contribution in [-0.4, -0.2) is 43.5 Å². The zero-order chi connectivity index (χ0) is 30.7. The second-order valence-electron chi connectivity index (χ2n) is 10.3. The number of hydrogen-bond acceptors (Lipinski definition) is 6. The van der Waals surface area contributed by atoms with E-state index in [0.717, 1.165) is 11.8 Å². The number of halogens is 3. The minimum Gasteiger partial charge on any atom is -0.320 e. The molecule has 10 nitrogen and oxygen atoms in total. The molecule has 1 aliphatic rings. The number of aromatic nitrogens is 5. The summed E-state index contributed by atoms with van der Waals surface area (Å²) >= 11 is 6.29. The third-order valence-corrected chi connectivity index (χ3v) is 7.75. The molecule has 4 aromatic rings. The van der Waals surface area contributed by atoms with E-state index in [0.29, 0.717) is 68.4 Å². The van der Waals surface area contributed by atoms with Gasteiger partial charge in [-0.3, -0.25) is 19.1 Å². The number of nitrogens with one attached hydrogen (secondary N) is 2. The smallest absolute Gasteiger partial charge is 0.320 e. The van der Waals surface area contributed by atoms with Gasteiger partial charge in [0.2, 0.25) is 5.91 Å². The zero-order valence-electron chi connectivity index (χ0n) is 23.5. The number of nitrogens with two attached hydrogens (primary N) is 1. The van der Waals surface area contributed by atoms with E-state index in [2.05, 4.69) is 20.4 Å². The number of hydrogen-bond donors (Lipinski definition) is 3. The summed E-state index contributed by atoms with van der Waals surface area (Å²) in [6.07, 6.45) is 8.49. The highest BCUT2D eigenvalue weighted by Gasteiger charge is 2.24. The third-order valence-electron chi connectivity index (χ3n) is 7.52. The minimum absolute atomic E-state index is 0.177. The molecule has 0 fully saturated rings. The number of carbonyl (C=O) groups is 1. The number of amides is 1. The summed E-state index contributed by atoms with van der Waals surface area (Å²) < 4.78 is 28.4. The number of pyridine rings is 1. The van der Waals surface area contributed by atoms with Crippen molar-refractivity contribution >= 4 is 29.4 Å². The molecule has 2 bridgehead atoms. The Labute approximate surface area is 251 Å². The van der Waals surface area contributed by atoms with Gasteiger partial charge in [0, 0.05) is 52.3 Å². The summed E-state index contributed by atoms with van der Waals surface area (Å²) in [5.41, 5.74) is 3.89. The van der Waals surface area contributed by atoms with E-state index in [1.807, 2.05) is 25.4 Å². The molecule has 1 amide bonds. The Hall–Kier alpha value is -4.55. The Bertz CT molecular complexity index is 1770. The van der Waals surface area contributed by atoms with Crippen molar-refractivity contribution in [3.63, 3.8) is 0 Å². The van der Waals surface area contributed by atoms with Gasteiger partial charge in [0.05, 0.1) is 37.0 Å². The predicted molar refractivity (Wildman–Crippen MR) is 159 cm³/mol. The van der Waals surface area contributed by atoms with Crippen LogP contribution in [0.5, 0.6) is 0 Å². The van der Waals surface area contributed by atoms with Gasteiger partial charge in [-0.2, -0.15) is 13.9 Å². The normalized spacial score (nSPS) is 17.8. The van der Waals surface area contributed by atoms with Gasteiger partial charge in [0.25, 0.3) is 5.56 Å². The van der Waals surface area contributed by atoms with E-state index >= 15 is 0 Å². The van der Waals surface area contributed by atoms with Crippen LogP contribution in [0.15, 0.2) is 71.8 Å². The summed E-state index contributed by atoms with van der Waals surface area (Å²) in [5, 5.41) is 16.7. The quantitative estimate of drug-likeness (QED) is 0.282. The highest BCUT2D eigenvalue weighted by Crippen LogP contribution is 2.34. The summed E-state index contributed by atoms with van der Waals surface area (Å²) in [4.78, 5) is 35.7. The molecule has 0 radical (unpaired) electrons. The van der Waals surface area contributed by atoms with E-state index in [1.54, 1.807) is 30.5 Å². The number of allylic oxidation sites excluding steroid dienone is 1. The first-order valence-electron chi connectivity index (χ1n) is 13.7. The van der Waals surface area contributed by atoms with Crippen molar-refractivity contribution in [2.75, 3.05) is 7.05 Å². The molecule has 2 atom stereocenters. The molecule has 1 aromatic carbocycles. The molecule has 222 valence electrons. The van der Waals surface area contributed by atoms with Crippen molar-refractivity contribution < 1.29 is 18.9 Å². The lowest BCUT2D eigenvalue weighted by molar-refractivity contribution is -0.531. The standard InChI is InChI=1S/C30H29ClF2N8O2/c1-17-4-3-5-26(24-10-18(8-9-36-24)28(35-2)25(13-34)39-29(17)43)40-16-37-23(12-27(40)42)22-11-20(31)6-7-21(22)19-14-38-41(15-19)30(32)33/h6-17,26,30,34-35H,3-5H2,1-2H3,(H,39,43)/p+1. The molecule has 4 N–H and O–H groups in total. The van der Waals surface area contributed by atoms with Gasteiger partial charge in [-0.05, 0) is 42.7 Å². The molecule has 13 heteroatoms. The second-order valence-corrected chi connectivity index (χ2v) is 10.7. The van der Waals surface area contributed by atoms with Gasteiger partial charge in [-0.15, -0.1) is 0 Å². The number of quaternary nitrogens is 1. The van der Waals surface area contributed by atoms with Gasteiger partial charge < -0.3 is 16.0 Å². The van der Waals surface area contributed by atoms with Crippen molar-refractivity contribution in [3.05, 3.63) is 93.6 Å². The van der Waals surface area contributed by atoms with Crippen molar-refractivity contribution in [2.24, 2.45) is 5.92 Å². The van der Waals surface area contributed by atoms with E-state index in [4.69, 9.17) is 17.0 Å². The fourth-order valence-electron chi connectivity index (χ4n) is 5.25. The average molecular weight is 608 g/mol. The molecule has 4 heterocycles. The first kappa shape index (κ1) is 29.9. The maximum absolute atomic E-state index is 13.7. The summed E-state index contributed by atoms with van der Waals surface area (Å²) in [6, 6.07) is 9.50. The molecule has 5 rings (SSSR count). The Balaban J connectivity index is 1.59. The van der Waals surface area contributed by atoms with Crippen LogP contribution < -0.4 is 16.2 Å². The van der Waals surface area contributed by atoms with Crippen LogP contribution in [0.4, 0.5) is 8.78 Å². The highest BCUT2D eigenvalue weighted by molar-refractivity contribution is 6.31. The fourth-order valence-corrected chi connectivity index (χ4v) is 5.42. The Kier molecular flexibility index (Phi) is 8.88. The van der Waals surface area contributed by atoms with Gasteiger partial charge in [-0.1, -0.05) is 31.0 Å². The first-order valence-corrected chi connectivity index (χ1v) is 14.1. The lowest BCUT2D eigenvalue weighted by Gasteiger charge is -2.22. The van der Waals surface area contributed by atoms with Crippen molar-refractivity contribution in [2.45, 2.75) is 38.8 Å². The largest absolute Gasteiger partial charge is 0.333 e. The van der Waals surface area contributed by atoms with E-state index in [-0.39, 0.29) is 17.4 Å². The van der Waals surface area contributed by atoms with Gasteiger partial charge >= 0.3 is 6.55 Å². The number of fused-ring (bicyclic) bond motifs is 2. The number of alkyl halides is 2. The number of nitrogens with zero attached hydrogens (tertiary/aromatic N) is 5. The first-order chi connectivity index (χ1) is 20.7. The number of rotatable bonds is 6. The molecule has 1 aliphatic heterocycles. The number of carbonyl (C=O) groups excluding carboxylic acids is 1. The van der Waals surface area contributed by atoms with Crippen LogP contribution in [0.25, 0.3) is 28.1 Å². The van der Waals surface area contributed by atoms with Crippen LogP contribution in [0.3, 0.4) is 0 Å². The molecule has 0 saturated carbocycles. The molecule has 3 aromatic heterocycles. The van der Waals surface area contributed by atoms with Crippen molar-refractivity contribution in [3.8, 4) is 22.4 Å². The van der Waals surface area contributed by atoms with Gasteiger partial charge in [-0.25, -0.2) is 9.67 Å². The van der Waals surface area contributed by atoms with Crippen LogP contribution in [-0.2, 0) is 4.79 Å². The molecule has 0 spiro atoms. The molecule has 0 saturated heterocycles. The van der Waals surface area contributed by atoms with Crippen LogP contribution in [0.1, 0.15) is 50.0 Å². The van der Waals surface area contributed by atoms with E-state index in [1.165, 1.54) is 29.4 Å². The predicted octanol–water partition coefficient (Wildman–Crippen LogP) is 4.25. The average Bonchev–Trinajstić information content (AvgIpc) is 3.49. The summed E-state index contributed by atoms with van der Waals surface area (Å²) in [7, 11) is 1.83. The SMILES string of the molecule is C[NH2+]C1=C(C=N)NC(=O)C(C)CCCC(n2cnc(-c3cc(Cl)ccc3-c3cnn(C(F)F)c3)cc2=O)c2cc1ccn2. The highest BCUT2D eigenvalue weighted by atomic mass is 35.5. The second kappa shape index (κ2) is 12.8. The molecule has 0 aliphatic carbocycles. The molecular weight excluding hydrogens is 578 g/mol. The van der Waals surface area contributed by atoms with Crippen LogP contribution >= 0.6 is 11.6 Å². The number of benzene rings is 1. The van der Waals surface area contributed by atoms with Crippen molar-refractivity contribution in [1.29, 1.82) is 5.41 Å². The van der Waals surface area contributed by atoms with E-state index in [9.17, 15) is 18.4 Å². The Morgan fingerprint density at radius 2 is 1.93 bits per heavy atom. The monoisotopic (exact) mass is 607 g/mol. The lowest BCUT2D eigenvalue weighted by Crippen LogP contribution is -2.77. The Morgan fingerprint density at radius 1 is 1.12 bits per heavy atom. The van der Waals surface area contributed by atoms with Gasteiger partial charge in [0.15, 0.2) is 5.70 Å². The maximum Gasteiger partial charge on any atom is 0.333 e. The van der Waals surface area contributed by atoms with Gasteiger partial charge in [0.1, 0.15) is 5.70 Å². The summed E-state index contributed by atoms with van der Waals surface area (Å²) in [6.45, 7) is -0.957. The maximum atomic E-state index is 13.7.